The van der Waals surface area contributed by atoms with E-state index in [1.807, 2.05) is 0 Å². The standard InChI is InChI=1S/C14H19F2NO2/c1-8-6-10(15)7-11(16)12(8)9(2)17-13(18)19-14(3,4)5/h6-7,9H,1-5H3,(H,17,18). The Bertz CT molecular complexity index is 458. The maximum Gasteiger partial charge on any atom is 0.408 e. The maximum atomic E-state index is 13.7. The second kappa shape index (κ2) is 5.55. The number of benzene rings is 1. The first-order valence-electron chi connectivity index (χ1n) is 6.05. The third kappa shape index (κ3) is 4.50. The molecular formula is C14H19F2NO2. The lowest BCUT2D eigenvalue weighted by molar-refractivity contribution is 0.0507. The maximum absolute atomic E-state index is 13.7. The lowest BCUT2D eigenvalue weighted by Gasteiger charge is -2.23. The summed E-state index contributed by atoms with van der Waals surface area (Å²) in [6.45, 7) is 8.42. The van der Waals surface area contributed by atoms with Gasteiger partial charge >= 0.3 is 6.09 Å². The fraction of sp³-hybridized carbons (Fsp3) is 0.500. The van der Waals surface area contributed by atoms with Gasteiger partial charge in [0.15, 0.2) is 0 Å². The lowest BCUT2D eigenvalue weighted by atomic mass is 10.0. The van der Waals surface area contributed by atoms with Gasteiger partial charge in [-0.2, -0.15) is 0 Å². The normalized spacial score (nSPS) is 13.0. The zero-order valence-electron chi connectivity index (χ0n) is 11.8. The third-order valence-electron chi connectivity index (χ3n) is 2.47. The first-order chi connectivity index (χ1) is 8.60. The highest BCUT2D eigenvalue weighted by molar-refractivity contribution is 5.68. The van der Waals surface area contributed by atoms with Gasteiger partial charge in [0.2, 0.25) is 0 Å². The number of nitrogens with one attached hydrogen (secondary N) is 1. The number of halogens is 2. The second-order valence-electron chi connectivity index (χ2n) is 5.49. The summed E-state index contributed by atoms with van der Waals surface area (Å²) in [4.78, 5) is 11.6. The van der Waals surface area contributed by atoms with Crippen molar-refractivity contribution in [3.8, 4) is 0 Å². The molecule has 0 aliphatic heterocycles. The van der Waals surface area contributed by atoms with Crippen LogP contribution in [-0.2, 0) is 4.74 Å². The van der Waals surface area contributed by atoms with Gasteiger partial charge in [-0.3, -0.25) is 0 Å². The smallest absolute Gasteiger partial charge is 0.408 e. The van der Waals surface area contributed by atoms with Gasteiger partial charge < -0.3 is 10.1 Å². The van der Waals surface area contributed by atoms with Gasteiger partial charge in [-0.05, 0) is 46.2 Å². The SMILES string of the molecule is Cc1cc(F)cc(F)c1C(C)NC(=O)OC(C)(C)C. The average molecular weight is 271 g/mol. The van der Waals surface area contributed by atoms with Crippen molar-refractivity contribution in [2.24, 2.45) is 0 Å². The molecule has 0 heterocycles. The fourth-order valence-corrected chi connectivity index (χ4v) is 1.82. The molecule has 5 heteroatoms. The summed E-state index contributed by atoms with van der Waals surface area (Å²) in [5.41, 5.74) is 0.0773. The van der Waals surface area contributed by atoms with Crippen molar-refractivity contribution in [1.29, 1.82) is 0 Å². The van der Waals surface area contributed by atoms with Gasteiger partial charge in [0, 0.05) is 11.6 Å². The highest BCUT2D eigenvalue weighted by Gasteiger charge is 2.21. The fourth-order valence-electron chi connectivity index (χ4n) is 1.82. The summed E-state index contributed by atoms with van der Waals surface area (Å²) in [5, 5.41) is 2.53. The van der Waals surface area contributed by atoms with Crippen LogP contribution in [0.25, 0.3) is 0 Å². The Balaban J connectivity index is 2.85. The topological polar surface area (TPSA) is 38.3 Å². The lowest BCUT2D eigenvalue weighted by Crippen LogP contribution is -2.34. The minimum absolute atomic E-state index is 0.257. The molecule has 1 rings (SSSR count). The van der Waals surface area contributed by atoms with Crippen molar-refractivity contribution in [2.75, 3.05) is 0 Å². The zero-order valence-corrected chi connectivity index (χ0v) is 11.8. The van der Waals surface area contributed by atoms with Crippen LogP contribution in [0.3, 0.4) is 0 Å². The Morgan fingerprint density at radius 1 is 1.32 bits per heavy atom. The number of aryl methyl sites for hydroxylation is 1. The van der Waals surface area contributed by atoms with E-state index in [2.05, 4.69) is 5.32 Å². The molecule has 1 aromatic rings. The minimum atomic E-state index is -0.680. The van der Waals surface area contributed by atoms with Gasteiger partial charge in [-0.1, -0.05) is 0 Å². The van der Waals surface area contributed by atoms with Crippen molar-refractivity contribution in [3.63, 3.8) is 0 Å². The number of hydrogen-bond donors (Lipinski definition) is 1. The molecule has 0 aliphatic carbocycles. The van der Waals surface area contributed by atoms with Crippen LogP contribution in [0.2, 0.25) is 0 Å². The molecule has 0 saturated carbocycles. The Morgan fingerprint density at radius 3 is 2.37 bits per heavy atom. The molecule has 0 aromatic heterocycles. The third-order valence-corrected chi connectivity index (χ3v) is 2.47. The van der Waals surface area contributed by atoms with Crippen LogP contribution in [0, 0.1) is 18.6 Å². The first-order valence-corrected chi connectivity index (χ1v) is 6.05. The van der Waals surface area contributed by atoms with E-state index in [1.54, 1.807) is 34.6 Å². The van der Waals surface area contributed by atoms with Crippen molar-refractivity contribution in [3.05, 3.63) is 34.9 Å². The van der Waals surface area contributed by atoms with E-state index >= 15 is 0 Å². The number of carbonyl (C=O) groups excluding carboxylic acids is 1. The monoisotopic (exact) mass is 271 g/mol. The van der Waals surface area contributed by atoms with Crippen molar-refractivity contribution < 1.29 is 18.3 Å². The molecule has 1 unspecified atom stereocenters. The zero-order chi connectivity index (χ0) is 14.8. The molecule has 1 amide bonds. The Morgan fingerprint density at radius 2 is 1.89 bits per heavy atom. The Labute approximate surface area is 112 Å². The van der Waals surface area contributed by atoms with Crippen LogP contribution < -0.4 is 5.32 Å². The summed E-state index contributed by atoms with van der Waals surface area (Å²) in [6.07, 6.45) is -0.636. The number of alkyl carbamates (subject to hydrolysis) is 1. The van der Waals surface area contributed by atoms with Gasteiger partial charge in [0.1, 0.15) is 17.2 Å². The molecule has 1 N–H and O–H groups in total. The molecule has 0 saturated heterocycles. The number of carbonyl (C=O) groups is 1. The molecule has 3 nitrogen and oxygen atoms in total. The van der Waals surface area contributed by atoms with Gasteiger partial charge in [0.25, 0.3) is 0 Å². The molecule has 0 spiro atoms. The molecule has 1 aromatic carbocycles. The number of hydrogen-bond acceptors (Lipinski definition) is 2. The van der Waals surface area contributed by atoms with E-state index in [-0.39, 0.29) is 5.56 Å². The summed E-state index contributed by atoms with van der Waals surface area (Å²) in [5.74, 6) is -1.32. The highest BCUT2D eigenvalue weighted by atomic mass is 19.1. The second-order valence-corrected chi connectivity index (χ2v) is 5.49. The van der Waals surface area contributed by atoms with Crippen molar-refractivity contribution >= 4 is 6.09 Å². The molecule has 0 aliphatic rings. The summed E-state index contributed by atoms with van der Waals surface area (Å²) in [7, 11) is 0. The van der Waals surface area contributed by atoms with E-state index in [9.17, 15) is 13.6 Å². The number of amides is 1. The van der Waals surface area contributed by atoms with Gasteiger partial charge in [0.05, 0.1) is 6.04 Å². The molecule has 0 bridgehead atoms. The quantitative estimate of drug-likeness (QED) is 0.887. The van der Waals surface area contributed by atoms with E-state index in [4.69, 9.17) is 4.74 Å². The summed E-state index contributed by atoms with van der Waals surface area (Å²) >= 11 is 0. The van der Waals surface area contributed by atoms with Gasteiger partial charge in [-0.25, -0.2) is 13.6 Å². The summed E-state index contributed by atoms with van der Waals surface area (Å²) < 4.78 is 31.8. The van der Waals surface area contributed by atoms with Crippen LogP contribution in [0.15, 0.2) is 12.1 Å². The van der Waals surface area contributed by atoms with Crippen molar-refractivity contribution in [2.45, 2.75) is 46.3 Å². The Kier molecular flexibility index (Phi) is 4.50. The van der Waals surface area contributed by atoms with Gasteiger partial charge in [-0.15, -0.1) is 0 Å². The van der Waals surface area contributed by atoms with E-state index < -0.39 is 29.4 Å². The number of ether oxygens (including phenoxy) is 1. The number of rotatable bonds is 2. The molecule has 0 fully saturated rings. The minimum Gasteiger partial charge on any atom is -0.444 e. The summed E-state index contributed by atoms with van der Waals surface area (Å²) in [6, 6.07) is 1.43. The highest BCUT2D eigenvalue weighted by Crippen LogP contribution is 2.22. The predicted molar refractivity (Wildman–Crippen MR) is 68.9 cm³/mol. The average Bonchev–Trinajstić information content (AvgIpc) is 2.10. The van der Waals surface area contributed by atoms with E-state index in [0.29, 0.717) is 5.56 Å². The largest absolute Gasteiger partial charge is 0.444 e. The molecule has 1 atom stereocenters. The van der Waals surface area contributed by atoms with E-state index in [0.717, 1.165) is 6.07 Å². The van der Waals surface area contributed by atoms with Crippen LogP contribution in [-0.4, -0.2) is 11.7 Å². The van der Waals surface area contributed by atoms with Crippen LogP contribution in [0.5, 0.6) is 0 Å². The van der Waals surface area contributed by atoms with Crippen molar-refractivity contribution in [1.82, 2.24) is 5.32 Å². The Hall–Kier alpha value is -1.65. The van der Waals surface area contributed by atoms with Crippen LogP contribution >= 0.6 is 0 Å². The predicted octanol–water partition coefficient (Wildman–Crippen LogP) is 3.86. The molecule has 19 heavy (non-hydrogen) atoms. The molecular weight excluding hydrogens is 252 g/mol. The van der Waals surface area contributed by atoms with E-state index in [1.165, 1.54) is 6.07 Å². The van der Waals surface area contributed by atoms with Crippen LogP contribution in [0.1, 0.15) is 44.9 Å². The molecule has 0 radical (unpaired) electrons. The molecule has 106 valence electrons. The van der Waals surface area contributed by atoms with Crippen LogP contribution in [0.4, 0.5) is 13.6 Å². The first kappa shape index (κ1) is 15.4.